The van der Waals surface area contributed by atoms with Gasteiger partial charge in [0.2, 0.25) is 0 Å². The van der Waals surface area contributed by atoms with E-state index >= 15 is 0 Å². The van der Waals surface area contributed by atoms with E-state index in [1.165, 1.54) is 6.07 Å². The first kappa shape index (κ1) is 17.3. The van der Waals surface area contributed by atoms with E-state index < -0.39 is 33.8 Å². The molecule has 0 N–H and O–H groups in total. The van der Waals surface area contributed by atoms with Crippen LogP contribution in [0.3, 0.4) is 0 Å². The lowest BCUT2D eigenvalue weighted by atomic mass is 10.1. The zero-order valence-corrected chi connectivity index (χ0v) is 12.0. The maximum atomic E-state index is 12.4. The summed E-state index contributed by atoms with van der Waals surface area (Å²) in [6.07, 6.45) is 0.0597. The molecule has 0 heterocycles. The number of benzene rings is 1. The Balaban J connectivity index is 3.22. The van der Waals surface area contributed by atoms with Gasteiger partial charge < -0.3 is 8.92 Å². The molecule has 5 nitrogen and oxygen atoms in total. The molecule has 0 fully saturated rings. The van der Waals surface area contributed by atoms with E-state index in [1.807, 2.05) is 0 Å². The summed E-state index contributed by atoms with van der Waals surface area (Å²) >= 11 is 0. The summed E-state index contributed by atoms with van der Waals surface area (Å²) in [5.74, 6) is -1.26. The number of aryl methyl sites for hydroxylation is 1. The molecule has 1 aromatic rings. The fourth-order valence-electron chi connectivity index (χ4n) is 1.44. The molecular weight excluding hydrogens is 313 g/mol. The van der Waals surface area contributed by atoms with Crippen molar-refractivity contribution in [2.24, 2.45) is 0 Å². The Hall–Kier alpha value is -1.77. The Bertz CT molecular complexity index is 622. The van der Waals surface area contributed by atoms with E-state index in [2.05, 4.69) is 8.92 Å². The van der Waals surface area contributed by atoms with Gasteiger partial charge in [-0.3, -0.25) is 4.79 Å². The molecule has 1 aromatic carbocycles. The molecule has 0 aromatic heterocycles. The molecule has 0 saturated carbocycles. The monoisotopic (exact) mass is 326 g/mol. The van der Waals surface area contributed by atoms with E-state index in [1.54, 1.807) is 13.0 Å². The van der Waals surface area contributed by atoms with E-state index in [9.17, 15) is 26.4 Å². The predicted molar refractivity (Wildman–Crippen MR) is 67.1 cm³/mol. The molecule has 0 saturated heterocycles. The van der Waals surface area contributed by atoms with Gasteiger partial charge in [0.05, 0.1) is 13.5 Å². The molecule has 21 heavy (non-hydrogen) atoms. The second-order valence-electron chi connectivity index (χ2n) is 4.03. The molecule has 9 heteroatoms. The minimum absolute atomic E-state index is 0.00752. The lowest BCUT2D eigenvalue weighted by Crippen LogP contribution is -2.28. The molecule has 0 radical (unpaired) electrons. The summed E-state index contributed by atoms with van der Waals surface area (Å²) in [7, 11) is -4.69. The SMILES string of the molecule is CCc1ccc(CC(=O)OC)c(OS(=O)(=O)C(F)(F)F)c1. The Morgan fingerprint density at radius 2 is 1.90 bits per heavy atom. The van der Waals surface area contributed by atoms with Crippen molar-refractivity contribution in [2.45, 2.75) is 25.3 Å². The van der Waals surface area contributed by atoms with Crippen molar-refractivity contribution in [2.75, 3.05) is 7.11 Å². The minimum Gasteiger partial charge on any atom is -0.469 e. The zero-order valence-electron chi connectivity index (χ0n) is 11.2. The number of methoxy groups -OCH3 is 1. The minimum atomic E-state index is -5.79. The fraction of sp³-hybridized carbons (Fsp3) is 0.417. The standard InChI is InChI=1S/C12H13F3O5S/c1-3-8-4-5-9(7-11(16)19-2)10(6-8)20-21(17,18)12(13,14)15/h4-6H,3,7H2,1-2H3. The van der Waals surface area contributed by atoms with Crippen molar-refractivity contribution >= 4 is 16.1 Å². The van der Waals surface area contributed by atoms with Crippen molar-refractivity contribution in [1.82, 2.24) is 0 Å². The van der Waals surface area contributed by atoms with Crippen LogP contribution in [0.25, 0.3) is 0 Å². The summed E-state index contributed by atoms with van der Waals surface area (Å²) in [6, 6.07) is 4.05. The first-order valence-corrected chi connectivity index (χ1v) is 7.21. The van der Waals surface area contributed by atoms with Gasteiger partial charge in [0.1, 0.15) is 5.75 Å². The molecule has 1 rings (SSSR count). The second kappa shape index (κ2) is 6.33. The summed E-state index contributed by atoms with van der Waals surface area (Å²) in [5.41, 5.74) is -4.99. The van der Waals surface area contributed by atoms with Gasteiger partial charge in [-0.05, 0) is 18.1 Å². The van der Waals surface area contributed by atoms with Gasteiger partial charge in [-0.1, -0.05) is 19.1 Å². The molecule has 0 bridgehead atoms. The number of ether oxygens (including phenoxy) is 1. The average Bonchev–Trinajstić information content (AvgIpc) is 2.38. The third-order valence-corrected chi connectivity index (χ3v) is 3.55. The molecule has 0 aliphatic carbocycles. The maximum Gasteiger partial charge on any atom is 0.534 e. The quantitative estimate of drug-likeness (QED) is 0.471. The second-order valence-corrected chi connectivity index (χ2v) is 5.57. The van der Waals surface area contributed by atoms with E-state index in [-0.39, 0.29) is 5.56 Å². The molecule has 0 spiro atoms. The highest BCUT2D eigenvalue weighted by Gasteiger charge is 2.48. The van der Waals surface area contributed by atoms with Crippen molar-refractivity contribution in [3.05, 3.63) is 29.3 Å². The highest BCUT2D eigenvalue weighted by Crippen LogP contribution is 2.30. The summed E-state index contributed by atoms with van der Waals surface area (Å²) in [5, 5.41) is 0. The van der Waals surface area contributed by atoms with Crippen molar-refractivity contribution in [3.63, 3.8) is 0 Å². The fourth-order valence-corrected chi connectivity index (χ4v) is 1.92. The average molecular weight is 326 g/mol. The van der Waals surface area contributed by atoms with Gasteiger partial charge in [0.15, 0.2) is 0 Å². The molecule has 0 aliphatic heterocycles. The van der Waals surface area contributed by atoms with Crippen LogP contribution in [-0.2, 0) is 32.5 Å². The molecule has 0 atom stereocenters. The van der Waals surface area contributed by atoms with Gasteiger partial charge in [-0.15, -0.1) is 0 Å². The van der Waals surface area contributed by atoms with Crippen LogP contribution in [0, 0.1) is 0 Å². The highest BCUT2D eigenvalue weighted by molar-refractivity contribution is 7.88. The zero-order chi connectivity index (χ0) is 16.3. The van der Waals surface area contributed by atoms with Crippen LogP contribution < -0.4 is 4.18 Å². The van der Waals surface area contributed by atoms with Crippen LogP contribution in [0.2, 0.25) is 0 Å². The number of halogens is 3. The summed E-state index contributed by atoms with van der Waals surface area (Å²) in [6.45, 7) is 1.73. The first-order chi connectivity index (χ1) is 9.60. The lowest BCUT2D eigenvalue weighted by Gasteiger charge is -2.13. The van der Waals surface area contributed by atoms with Crippen LogP contribution in [-0.4, -0.2) is 27.0 Å². The molecular formula is C12H13F3O5S. The number of esters is 1. The van der Waals surface area contributed by atoms with Crippen LogP contribution in [0.4, 0.5) is 13.2 Å². The molecule has 118 valence electrons. The third-order valence-electron chi connectivity index (χ3n) is 2.59. The summed E-state index contributed by atoms with van der Waals surface area (Å²) < 4.78 is 67.7. The van der Waals surface area contributed by atoms with Crippen LogP contribution in [0.15, 0.2) is 18.2 Å². The van der Waals surface area contributed by atoms with Gasteiger partial charge in [-0.25, -0.2) is 0 Å². The van der Waals surface area contributed by atoms with Gasteiger partial charge in [0, 0.05) is 5.56 Å². The molecule has 0 amide bonds. The van der Waals surface area contributed by atoms with Crippen LogP contribution in [0.1, 0.15) is 18.1 Å². The van der Waals surface area contributed by atoms with E-state index in [0.717, 1.165) is 13.2 Å². The van der Waals surface area contributed by atoms with Gasteiger partial charge >= 0.3 is 21.6 Å². The van der Waals surface area contributed by atoms with Crippen LogP contribution >= 0.6 is 0 Å². The number of carbonyl (C=O) groups is 1. The van der Waals surface area contributed by atoms with Gasteiger partial charge in [-0.2, -0.15) is 21.6 Å². The van der Waals surface area contributed by atoms with Gasteiger partial charge in [0.25, 0.3) is 0 Å². The van der Waals surface area contributed by atoms with E-state index in [0.29, 0.717) is 12.0 Å². The largest absolute Gasteiger partial charge is 0.534 e. The number of alkyl halides is 3. The number of hydrogen-bond donors (Lipinski definition) is 0. The van der Waals surface area contributed by atoms with Crippen molar-refractivity contribution in [1.29, 1.82) is 0 Å². The third kappa shape index (κ3) is 4.35. The number of hydrogen-bond acceptors (Lipinski definition) is 5. The Morgan fingerprint density at radius 1 is 1.29 bits per heavy atom. The number of carbonyl (C=O) groups excluding carboxylic acids is 1. The molecule has 0 unspecified atom stereocenters. The smallest absolute Gasteiger partial charge is 0.469 e. The normalized spacial score (nSPS) is 12.0. The lowest BCUT2D eigenvalue weighted by molar-refractivity contribution is -0.139. The highest BCUT2D eigenvalue weighted by atomic mass is 32.2. The van der Waals surface area contributed by atoms with Crippen LogP contribution in [0.5, 0.6) is 5.75 Å². The maximum absolute atomic E-state index is 12.4. The topological polar surface area (TPSA) is 69.7 Å². The predicted octanol–water partition coefficient (Wildman–Crippen LogP) is 2.19. The van der Waals surface area contributed by atoms with Crippen molar-refractivity contribution < 1.29 is 35.3 Å². The molecule has 0 aliphatic rings. The summed E-state index contributed by atoms with van der Waals surface area (Å²) in [4.78, 5) is 11.2. The Labute approximate surface area is 119 Å². The Kier molecular flexibility index (Phi) is 5.21. The van der Waals surface area contributed by atoms with Crippen molar-refractivity contribution in [3.8, 4) is 5.75 Å². The first-order valence-electron chi connectivity index (χ1n) is 5.80. The Morgan fingerprint density at radius 3 is 2.38 bits per heavy atom. The number of rotatable bonds is 5. The van der Waals surface area contributed by atoms with E-state index in [4.69, 9.17) is 0 Å².